The lowest BCUT2D eigenvalue weighted by molar-refractivity contribution is 0.0959. The topological polar surface area (TPSA) is 83.7 Å². The summed E-state index contributed by atoms with van der Waals surface area (Å²) in [4.78, 5) is 27.5. The van der Waals surface area contributed by atoms with Crippen molar-refractivity contribution in [1.82, 2.24) is 9.97 Å². The molecule has 3 heterocycles. The summed E-state index contributed by atoms with van der Waals surface area (Å²) in [5.74, 6) is 2.34. The zero-order valence-electron chi connectivity index (χ0n) is 21.1. The standard InChI is InChI=1S/C29H28FN5O3/c1-37-23-10-6-21(7-11-23)31-28-27-24(17-19(18-25(27)36)26-3-2-16-38-26)32-29(33-28)35-14-12-34(13-15-35)22-8-4-20(30)5-9-22/h2-11,16,19H,12-15,17-18H2,1H3,(H,31,32,33). The molecule has 0 radical (unpaired) electrons. The van der Waals surface area contributed by atoms with Crippen molar-refractivity contribution in [2.45, 2.75) is 18.8 Å². The lowest BCUT2D eigenvalue weighted by Gasteiger charge is -2.36. The Morgan fingerprint density at radius 3 is 2.37 bits per heavy atom. The Bertz CT molecular complexity index is 1420. The Kier molecular flexibility index (Phi) is 6.41. The normalized spacial score (nSPS) is 17.3. The summed E-state index contributed by atoms with van der Waals surface area (Å²) in [5, 5.41) is 3.36. The number of Topliss-reactive ketones (excluding diaryl/α,β-unsaturated/α-hetero) is 1. The van der Waals surface area contributed by atoms with E-state index in [1.54, 1.807) is 25.5 Å². The number of anilines is 4. The van der Waals surface area contributed by atoms with Crippen LogP contribution in [0.4, 0.5) is 27.5 Å². The largest absolute Gasteiger partial charge is 0.497 e. The highest BCUT2D eigenvalue weighted by Crippen LogP contribution is 2.37. The monoisotopic (exact) mass is 513 g/mol. The van der Waals surface area contributed by atoms with Crippen LogP contribution in [0.1, 0.15) is 34.2 Å². The molecule has 1 aliphatic heterocycles. The Hall–Kier alpha value is -4.40. The van der Waals surface area contributed by atoms with Crippen LogP contribution in [0.2, 0.25) is 0 Å². The molecule has 1 fully saturated rings. The molecule has 2 aliphatic rings. The van der Waals surface area contributed by atoms with Gasteiger partial charge >= 0.3 is 0 Å². The Morgan fingerprint density at radius 2 is 1.68 bits per heavy atom. The Labute approximate surface area is 220 Å². The molecule has 0 spiro atoms. The van der Waals surface area contributed by atoms with E-state index in [4.69, 9.17) is 19.1 Å². The quantitative estimate of drug-likeness (QED) is 0.377. The van der Waals surface area contributed by atoms with Gasteiger partial charge in [-0.2, -0.15) is 4.98 Å². The molecular weight excluding hydrogens is 485 g/mol. The van der Waals surface area contributed by atoms with Crippen molar-refractivity contribution in [2.75, 3.05) is 48.4 Å². The van der Waals surface area contributed by atoms with Crippen LogP contribution in [0.25, 0.3) is 0 Å². The molecule has 6 rings (SSSR count). The van der Waals surface area contributed by atoms with E-state index in [1.165, 1.54) is 12.1 Å². The number of halogens is 1. The van der Waals surface area contributed by atoms with Gasteiger partial charge in [-0.1, -0.05) is 0 Å². The number of methoxy groups -OCH3 is 1. The Balaban J connectivity index is 1.30. The summed E-state index contributed by atoms with van der Waals surface area (Å²) in [5.41, 5.74) is 3.06. The van der Waals surface area contributed by atoms with Gasteiger partial charge in [0.25, 0.3) is 0 Å². The van der Waals surface area contributed by atoms with Gasteiger partial charge in [0.15, 0.2) is 5.78 Å². The van der Waals surface area contributed by atoms with Gasteiger partial charge in [-0.25, -0.2) is 9.37 Å². The molecule has 0 amide bonds. The number of furan rings is 1. The first-order valence-electron chi connectivity index (χ1n) is 12.7. The van der Waals surface area contributed by atoms with Crippen molar-refractivity contribution in [3.05, 3.63) is 89.8 Å². The number of aromatic nitrogens is 2. The van der Waals surface area contributed by atoms with Crippen LogP contribution < -0.4 is 19.9 Å². The number of ether oxygens (including phenoxy) is 1. The van der Waals surface area contributed by atoms with E-state index in [-0.39, 0.29) is 17.5 Å². The molecule has 194 valence electrons. The second-order valence-corrected chi connectivity index (χ2v) is 9.54. The van der Waals surface area contributed by atoms with Crippen molar-refractivity contribution in [1.29, 1.82) is 0 Å². The van der Waals surface area contributed by atoms with Gasteiger partial charge in [-0.05, 0) is 60.7 Å². The van der Waals surface area contributed by atoms with Crippen molar-refractivity contribution in [3.63, 3.8) is 0 Å². The van der Waals surface area contributed by atoms with Gasteiger partial charge in [0.05, 0.1) is 24.6 Å². The zero-order chi connectivity index (χ0) is 26.1. The number of hydrogen-bond acceptors (Lipinski definition) is 8. The number of hydrogen-bond donors (Lipinski definition) is 1. The molecule has 0 saturated carbocycles. The smallest absolute Gasteiger partial charge is 0.227 e. The maximum absolute atomic E-state index is 13.4. The third-order valence-electron chi connectivity index (χ3n) is 7.18. The second kappa shape index (κ2) is 10.2. The van der Waals surface area contributed by atoms with E-state index in [1.807, 2.05) is 36.4 Å². The average Bonchev–Trinajstić information content (AvgIpc) is 3.49. The highest BCUT2D eigenvalue weighted by Gasteiger charge is 2.33. The molecule has 1 atom stereocenters. The minimum Gasteiger partial charge on any atom is -0.497 e. The molecule has 2 aromatic carbocycles. The van der Waals surface area contributed by atoms with Gasteiger partial charge in [-0.3, -0.25) is 4.79 Å². The molecule has 1 unspecified atom stereocenters. The number of nitrogens with one attached hydrogen (secondary N) is 1. The molecule has 38 heavy (non-hydrogen) atoms. The third-order valence-corrected chi connectivity index (χ3v) is 7.18. The summed E-state index contributed by atoms with van der Waals surface area (Å²) >= 11 is 0. The number of rotatable bonds is 6. The molecule has 1 aliphatic carbocycles. The van der Waals surface area contributed by atoms with Crippen LogP contribution in [-0.2, 0) is 6.42 Å². The predicted octanol–water partition coefficient (Wildman–Crippen LogP) is 5.20. The average molecular weight is 514 g/mol. The molecule has 1 N–H and O–H groups in total. The number of carbonyl (C=O) groups is 1. The fourth-order valence-corrected chi connectivity index (χ4v) is 5.15. The highest BCUT2D eigenvalue weighted by molar-refractivity contribution is 6.03. The van der Waals surface area contributed by atoms with Crippen LogP contribution in [0, 0.1) is 5.82 Å². The summed E-state index contributed by atoms with van der Waals surface area (Å²) in [7, 11) is 1.62. The van der Waals surface area contributed by atoms with Crippen LogP contribution in [0.5, 0.6) is 5.75 Å². The van der Waals surface area contributed by atoms with E-state index in [9.17, 15) is 9.18 Å². The van der Waals surface area contributed by atoms with Crippen LogP contribution in [0.15, 0.2) is 71.3 Å². The van der Waals surface area contributed by atoms with Gasteiger partial charge in [0.1, 0.15) is 23.1 Å². The van der Waals surface area contributed by atoms with Gasteiger partial charge in [-0.15, -0.1) is 0 Å². The summed E-state index contributed by atoms with van der Waals surface area (Å²) in [6.45, 7) is 2.91. The maximum atomic E-state index is 13.4. The number of carbonyl (C=O) groups excluding carboxylic acids is 1. The minimum atomic E-state index is -0.242. The molecule has 0 bridgehead atoms. The van der Waals surface area contributed by atoms with Crippen molar-refractivity contribution < 1.29 is 18.3 Å². The van der Waals surface area contributed by atoms with Gasteiger partial charge < -0.3 is 24.3 Å². The predicted molar refractivity (Wildman–Crippen MR) is 143 cm³/mol. The number of benzene rings is 2. The molecular formula is C29H28FN5O3. The third kappa shape index (κ3) is 4.79. The molecule has 9 heteroatoms. The number of fused-ring (bicyclic) bond motifs is 1. The van der Waals surface area contributed by atoms with Crippen molar-refractivity contribution >= 4 is 28.9 Å². The molecule has 1 saturated heterocycles. The maximum Gasteiger partial charge on any atom is 0.227 e. The zero-order valence-corrected chi connectivity index (χ0v) is 21.1. The summed E-state index contributed by atoms with van der Waals surface area (Å²) < 4.78 is 24.3. The SMILES string of the molecule is COc1ccc(Nc2nc(N3CCN(c4ccc(F)cc4)CC3)nc3c2C(=O)CC(c2ccco2)C3)cc1. The van der Waals surface area contributed by atoms with Gasteiger partial charge in [0, 0.05) is 56.3 Å². The summed E-state index contributed by atoms with van der Waals surface area (Å²) in [6.07, 6.45) is 2.58. The first-order chi connectivity index (χ1) is 18.6. The summed E-state index contributed by atoms with van der Waals surface area (Å²) in [6, 6.07) is 17.8. The van der Waals surface area contributed by atoms with Crippen LogP contribution in [-0.4, -0.2) is 49.0 Å². The second-order valence-electron chi connectivity index (χ2n) is 9.54. The van der Waals surface area contributed by atoms with E-state index in [2.05, 4.69) is 15.1 Å². The number of ketones is 1. The van der Waals surface area contributed by atoms with Crippen molar-refractivity contribution in [3.8, 4) is 5.75 Å². The van der Waals surface area contributed by atoms with Crippen molar-refractivity contribution in [2.24, 2.45) is 0 Å². The first-order valence-corrected chi connectivity index (χ1v) is 12.7. The molecule has 4 aromatic rings. The molecule has 2 aromatic heterocycles. The number of nitrogens with zero attached hydrogens (tertiary/aromatic N) is 4. The number of piperazine rings is 1. The van der Waals surface area contributed by atoms with E-state index < -0.39 is 0 Å². The minimum absolute atomic E-state index is 0.00339. The van der Waals surface area contributed by atoms with Crippen LogP contribution in [0.3, 0.4) is 0 Å². The molecule has 8 nitrogen and oxygen atoms in total. The first kappa shape index (κ1) is 24.0. The lowest BCUT2D eigenvalue weighted by Crippen LogP contribution is -2.47. The van der Waals surface area contributed by atoms with E-state index in [0.717, 1.165) is 41.7 Å². The van der Waals surface area contributed by atoms with Crippen LogP contribution >= 0.6 is 0 Å². The highest BCUT2D eigenvalue weighted by atomic mass is 19.1. The van der Waals surface area contributed by atoms with Gasteiger partial charge in [0.2, 0.25) is 5.95 Å². The Morgan fingerprint density at radius 1 is 0.947 bits per heavy atom. The van der Waals surface area contributed by atoms with E-state index in [0.29, 0.717) is 43.3 Å². The fourth-order valence-electron chi connectivity index (χ4n) is 5.15. The van der Waals surface area contributed by atoms with E-state index >= 15 is 0 Å². The fraction of sp³-hybridized carbons (Fsp3) is 0.276. The lowest BCUT2D eigenvalue weighted by atomic mass is 9.84.